The fourth-order valence-corrected chi connectivity index (χ4v) is 2.75. The Kier molecular flexibility index (Phi) is 9.31. The van der Waals surface area contributed by atoms with Crippen molar-refractivity contribution in [3.63, 3.8) is 0 Å². The monoisotopic (exact) mass is 378 g/mol. The van der Waals surface area contributed by atoms with Crippen molar-refractivity contribution in [2.45, 2.75) is 55.4 Å². The van der Waals surface area contributed by atoms with Gasteiger partial charge < -0.3 is 0 Å². The van der Waals surface area contributed by atoms with Crippen molar-refractivity contribution in [2.75, 3.05) is 14.1 Å². The van der Waals surface area contributed by atoms with Crippen molar-refractivity contribution in [3.05, 3.63) is 69.9 Å². The van der Waals surface area contributed by atoms with E-state index in [0.29, 0.717) is 11.8 Å². The summed E-state index contributed by atoms with van der Waals surface area (Å²) < 4.78 is 0. The number of nitrogens with zero attached hydrogens (tertiary/aromatic N) is 2. The molecule has 1 rings (SSSR count). The fraction of sp³-hybridized carbons (Fsp3) is 0.462. The standard InChI is InChI=1S/C26H38N2/c1-17(2)19(5)11-13-21(7)23-15-16-24(26(28-10)25(23)27-9)22(8)14-12-20(6)18(3)4/h11-18H,1-10H3/b19-11+,20-12+,21-13+,22-14+,27-25?,28-26?. The first-order chi connectivity index (χ1) is 13.1. The second kappa shape index (κ2) is 10.9. The molecular formula is C26H38N2. The van der Waals surface area contributed by atoms with E-state index in [0.717, 1.165) is 22.6 Å². The molecular weight excluding hydrogens is 340 g/mol. The van der Waals surface area contributed by atoms with Crippen LogP contribution in [0.5, 0.6) is 0 Å². The van der Waals surface area contributed by atoms with Crippen LogP contribution in [0, 0.1) is 11.8 Å². The molecule has 0 saturated carbocycles. The quantitative estimate of drug-likeness (QED) is 0.348. The van der Waals surface area contributed by atoms with E-state index in [1.165, 1.54) is 22.3 Å². The first-order valence-corrected chi connectivity index (χ1v) is 10.2. The molecule has 0 spiro atoms. The van der Waals surface area contributed by atoms with Crippen LogP contribution in [0.4, 0.5) is 0 Å². The van der Waals surface area contributed by atoms with E-state index in [9.17, 15) is 0 Å². The molecule has 2 heteroatoms. The number of allylic oxidation sites excluding steroid dienone is 12. The Morgan fingerprint density at radius 1 is 0.643 bits per heavy atom. The predicted octanol–water partition coefficient (Wildman–Crippen LogP) is 7.09. The lowest BCUT2D eigenvalue weighted by molar-refractivity contribution is 0.769. The highest BCUT2D eigenvalue weighted by Crippen LogP contribution is 2.25. The molecule has 0 unspecified atom stereocenters. The van der Waals surface area contributed by atoms with E-state index >= 15 is 0 Å². The molecule has 28 heavy (non-hydrogen) atoms. The Hall–Kier alpha value is -2.22. The molecule has 0 saturated heterocycles. The Bertz CT molecular complexity index is 746. The minimum atomic E-state index is 0.554. The zero-order chi connectivity index (χ0) is 21.4. The minimum absolute atomic E-state index is 0.554. The largest absolute Gasteiger partial charge is 0.286 e. The highest BCUT2D eigenvalue weighted by molar-refractivity contribution is 6.56. The molecule has 0 aromatic rings. The number of hydrogen-bond donors (Lipinski definition) is 0. The zero-order valence-electron chi connectivity index (χ0n) is 19.5. The molecule has 0 atom stereocenters. The lowest BCUT2D eigenvalue weighted by atomic mass is 9.86. The van der Waals surface area contributed by atoms with E-state index in [1.54, 1.807) is 0 Å². The van der Waals surface area contributed by atoms with Crippen LogP contribution < -0.4 is 0 Å². The topological polar surface area (TPSA) is 24.7 Å². The molecule has 0 amide bonds. The SMILES string of the molecule is CN=C1C(/C(C)=C/C=C(\C)C(C)C)=CC=C(/C(C)=C/C=C(\C)C(C)C)C1=NC. The molecule has 0 aromatic heterocycles. The molecule has 0 radical (unpaired) electrons. The van der Waals surface area contributed by atoms with Gasteiger partial charge in [-0.15, -0.1) is 0 Å². The van der Waals surface area contributed by atoms with Gasteiger partial charge in [-0.1, -0.05) is 75.3 Å². The summed E-state index contributed by atoms with van der Waals surface area (Å²) in [4.78, 5) is 9.19. The Morgan fingerprint density at radius 3 is 1.21 bits per heavy atom. The Morgan fingerprint density at radius 2 is 0.964 bits per heavy atom. The van der Waals surface area contributed by atoms with Crippen LogP contribution in [0.1, 0.15) is 55.4 Å². The second-order valence-corrected chi connectivity index (χ2v) is 8.14. The molecule has 152 valence electrons. The molecule has 1 aliphatic carbocycles. The molecule has 2 nitrogen and oxygen atoms in total. The first kappa shape index (κ1) is 23.8. The Balaban J connectivity index is 3.39. The number of hydrogen-bond acceptors (Lipinski definition) is 2. The number of aliphatic imine (C=N–C) groups is 2. The summed E-state index contributed by atoms with van der Waals surface area (Å²) in [5.41, 5.74) is 9.35. The normalized spacial score (nSPS) is 20.4. The van der Waals surface area contributed by atoms with Crippen LogP contribution in [0.3, 0.4) is 0 Å². The maximum absolute atomic E-state index is 4.59. The lowest BCUT2D eigenvalue weighted by Crippen LogP contribution is -2.23. The van der Waals surface area contributed by atoms with Gasteiger partial charge in [0, 0.05) is 25.2 Å². The molecule has 0 bridgehead atoms. The van der Waals surface area contributed by atoms with E-state index in [-0.39, 0.29) is 0 Å². The maximum atomic E-state index is 4.59. The molecule has 0 aliphatic heterocycles. The van der Waals surface area contributed by atoms with Gasteiger partial charge in [0.2, 0.25) is 0 Å². The lowest BCUT2D eigenvalue weighted by Gasteiger charge is -2.20. The summed E-state index contributed by atoms with van der Waals surface area (Å²) in [7, 11) is 3.70. The number of rotatable bonds is 6. The van der Waals surface area contributed by atoms with Gasteiger partial charge in [-0.05, 0) is 50.7 Å². The summed E-state index contributed by atoms with van der Waals surface area (Å²) in [6.45, 7) is 17.5. The highest BCUT2D eigenvalue weighted by Gasteiger charge is 2.22. The zero-order valence-corrected chi connectivity index (χ0v) is 19.5. The fourth-order valence-electron chi connectivity index (χ4n) is 2.75. The average Bonchev–Trinajstić information content (AvgIpc) is 2.67. The second-order valence-electron chi connectivity index (χ2n) is 8.14. The summed E-state index contributed by atoms with van der Waals surface area (Å²) in [5, 5.41) is 0. The third-order valence-electron chi connectivity index (χ3n) is 5.46. The van der Waals surface area contributed by atoms with Crippen LogP contribution >= 0.6 is 0 Å². The highest BCUT2D eigenvalue weighted by atomic mass is 14.8. The van der Waals surface area contributed by atoms with Gasteiger partial charge >= 0.3 is 0 Å². The summed E-state index contributed by atoms with van der Waals surface area (Å²) in [5.74, 6) is 1.11. The van der Waals surface area contributed by atoms with Gasteiger partial charge in [0.15, 0.2) is 0 Å². The van der Waals surface area contributed by atoms with E-state index in [4.69, 9.17) is 0 Å². The minimum Gasteiger partial charge on any atom is -0.286 e. The smallest absolute Gasteiger partial charge is 0.0903 e. The van der Waals surface area contributed by atoms with E-state index in [2.05, 4.69) is 102 Å². The third kappa shape index (κ3) is 6.15. The van der Waals surface area contributed by atoms with Crippen LogP contribution in [0.25, 0.3) is 0 Å². The summed E-state index contributed by atoms with van der Waals surface area (Å²) in [6.07, 6.45) is 13.1. The van der Waals surface area contributed by atoms with Crippen molar-refractivity contribution in [1.82, 2.24) is 0 Å². The third-order valence-corrected chi connectivity index (χ3v) is 5.46. The van der Waals surface area contributed by atoms with Gasteiger partial charge in [0.05, 0.1) is 11.4 Å². The van der Waals surface area contributed by atoms with Gasteiger partial charge in [0.25, 0.3) is 0 Å². The van der Waals surface area contributed by atoms with Crippen molar-refractivity contribution in [2.24, 2.45) is 21.8 Å². The molecule has 0 heterocycles. The van der Waals surface area contributed by atoms with Crippen molar-refractivity contribution < 1.29 is 0 Å². The van der Waals surface area contributed by atoms with E-state index < -0.39 is 0 Å². The molecule has 0 fully saturated rings. The van der Waals surface area contributed by atoms with Crippen molar-refractivity contribution in [3.8, 4) is 0 Å². The Labute approximate surface area is 173 Å². The van der Waals surface area contributed by atoms with Crippen LogP contribution in [0.2, 0.25) is 0 Å². The van der Waals surface area contributed by atoms with Gasteiger partial charge in [-0.3, -0.25) is 9.98 Å². The molecule has 1 aliphatic rings. The summed E-state index contributed by atoms with van der Waals surface area (Å²) in [6, 6.07) is 0. The van der Waals surface area contributed by atoms with Crippen molar-refractivity contribution in [1.29, 1.82) is 0 Å². The van der Waals surface area contributed by atoms with Gasteiger partial charge in [-0.25, -0.2) is 0 Å². The van der Waals surface area contributed by atoms with Gasteiger partial charge in [0.1, 0.15) is 0 Å². The molecule has 0 aromatic carbocycles. The van der Waals surface area contributed by atoms with Crippen LogP contribution in [0.15, 0.2) is 79.9 Å². The first-order valence-electron chi connectivity index (χ1n) is 10.2. The predicted molar refractivity (Wildman–Crippen MR) is 128 cm³/mol. The molecule has 0 N–H and O–H groups in total. The van der Waals surface area contributed by atoms with Crippen LogP contribution in [-0.2, 0) is 0 Å². The average molecular weight is 379 g/mol. The van der Waals surface area contributed by atoms with Crippen molar-refractivity contribution >= 4 is 11.4 Å². The maximum Gasteiger partial charge on any atom is 0.0903 e. The summed E-state index contributed by atoms with van der Waals surface area (Å²) >= 11 is 0. The van der Waals surface area contributed by atoms with E-state index in [1.807, 2.05) is 14.1 Å². The van der Waals surface area contributed by atoms with Crippen LogP contribution in [-0.4, -0.2) is 25.5 Å². The van der Waals surface area contributed by atoms with Gasteiger partial charge in [-0.2, -0.15) is 0 Å².